The highest BCUT2D eigenvalue weighted by Gasteiger charge is 2.15. The van der Waals surface area contributed by atoms with E-state index < -0.39 is 0 Å². The lowest BCUT2D eigenvalue weighted by Crippen LogP contribution is -2.35. The van der Waals surface area contributed by atoms with Gasteiger partial charge in [0, 0.05) is 18.3 Å². The van der Waals surface area contributed by atoms with Crippen molar-refractivity contribution in [2.45, 2.75) is 19.9 Å². The molecule has 1 heterocycles. The van der Waals surface area contributed by atoms with Gasteiger partial charge in [-0.25, -0.2) is 0 Å². The number of nitrogens with zero attached hydrogens (tertiary/aromatic N) is 1. The summed E-state index contributed by atoms with van der Waals surface area (Å²) in [5.74, 6) is -0.224. The van der Waals surface area contributed by atoms with Crippen molar-refractivity contribution in [3.05, 3.63) is 15.9 Å². The fourth-order valence-electron chi connectivity index (χ4n) is 0.903. The molecular formula is C8H13BrN4O. The van der Waals surface area contributed by atoms with Crippen molar-refractivity contribution in [1.82, 2.24) is 15.5 Å². The van der Waals surface area contributed by atoms with E-state index in [0.29, 0.717) is 16.7 Å². The number of aryl methyl sites for hydroxylation is 1. The van der Waals surface area contributed by atoms with E-state index in [4.69, 9.17) is 5.73 Å². The lowest BCUT2D eigenvalue weighted by atomic mass is 10.3. The molecule has 1 rings (SSSR count). The third-order valence-electron chi connectivity index (χ3n) is 1.67. The molecule has 0 aliphatic heterocycles. The molecular weight excluding hydrogens is 248 g/mol. The minimum Gasteiger partial charge on any atom is -0.349 e. The summed E-state index contributed by atoms with van der Waals surface area (Å²) in [7, 11) is 0. The predicted octanol–water partition coefficient (Wildman–Crippen LogP) is 0.558. The number of aromatic nitrogens is 2. The van der Waals surface area contributed by atoms with Crippen molar-refractivity contribution in [3.8, 4) is 0 Å². The second-order valence-corrected chi connectivity index (χ2v) is 3.99. The normalized spacial score (nSPS) is 12.6. The zero-order valence-electron chi connectivity index (χ0n) is 8.10. The number of amides is 1. The van der Waals surface area contributed by atoms with Crippen molar-refractivity contribution < 1.29 is 4.79 Å². The molecule has 14 heavy (non-hydrogen) atoms. The molecule has 1 unspecified atom stereocenters. The van der Waals surface area contributed by atoms with Gasteiger partial charge in [-0.15, -0.1) is 0 Å². The van der Waals surface area contributed by atoms with Gasteiger partial charge in [-0.05, 0) is 29.8 Å². The molecule has 0 saturated carbocycles. The number of carbonyl (C=O) groups excluding carboxylic acids is 1. The average Bonchev–Trinajstić information content (AvgIpc) is 2.44. The Bertz CT molecular complexity index is 334. The predicted molar refractivity (Wildman–Crippen MR) is 57.0 cm³/mol. The van der Waals surface area contributed by atoms with E-state index in [1.54, 1.807) is 0 Å². The first-order valence-corrected chi connectivity index (χ1v) is 5.06. The molecule has 0 aliphatic carbocycles. The van der Waals surface area contributed by atoms with Crippen molar-refractivity contribution in [1.29, 1.82) is 0 Å². The van der Waals surface area contributed by atoms with Gasteiger partial charge in [0.1, 0.15) is 0 Å². The van der Waals surface area contributed by atoms with Crippen molar-refractivity contribution in [3.63, 3.8) is 0 Å². The number of aromatic amines is 1. The van der Waals surface area contributed by atoms with E-state index in [9.17, 15) is 4.79 Å². The molecule has 78 valence electrons. The second-order valence-electron chi connectivity index (χ2n) is 3.20. The molecule has 0 aliphatic rings. The van der Waals surface area contributed by atoms with Crippen LogP contribution in [0.25, 0.3) is 0 Å². The van der Waals surface area contributed by atoms with Gasteiger partial charge in [-0.1, -0.05) is 0 Å². The molecule has 0 spiro atoms. The number of nitrogens with one attached hydrogen (secondary N) is 2. The summed E-state index contributed by atoms with van der Waals surface area (Å²) in [6, 6.07) is -0.0576. The van der Waals surface area contributed by atoms with Crippen LogP contribution in [0.5, 0.6) is 0 Å². The molecule has 6 heteroatoms. The number of hydrogen-bond acceptors (Lipinski definition) is 3. The summed E-state index contributed by atoms with van der Waals surface area (Å²) >= 11 is 3.27. The van der Waals surface area contributed by atoms with Gasteiger partial charge in [0.15, 0.2) is 5.69 Å². The Balaban J connectivity index is 2.66. The number of nitrogens with two attached hydrogens (primary N) is 1. The van der Waals surface area contributed by atoms with Crippen LogP contribution in [0.1, 0.15) is 23.1 Å². The number of H-pyrrole nitrogens is 1. The van der Waals surface area contributed by atoms with Crippen molar-refractivity contribution in [2.24, 2.45) is 5.73 Å². The maximum absolute atomic E-state index is 11.5. The first kappa shape index (κ1) is 11.2. The molecule has 4 N–H and O–H groups in total. The lowest BCUT2D eigenvalue weighted by molar-refractivity contribution is 0.0946. The van der Waals surface area contributed by atoms with Crippen LogP contribution in [0.2, 0.25) is 0 Å². The fraction of sp³-hybridized carbons (Fsp3) is 0.500. The van der Waals surface area contributed by atoms with Crippen molar-refractivity contribution >= 4 is 21.8 Å². The summed E-state index contributed by atoms with van der Waals surface area (Å²) in [5.41, 5.74) is 6.70. The van der Waals surface area contributed by atoms with Gasteiger partial charge in [0.25, 0.3) is 5.91 Å². The van der Waals surface area contributed by atoms with Crippen LogP contribution in [-0.4, -0.2) is 28.7 Å². The van der Waals surface area contributed by atoms with Crippen LogP contribution in [0, 0.1) is 6.92 Å². The molecule has 1 aromatic rings. The quantitative estimate of drug-likeness (QED) is 0.743. The van der Waals surface area contributed by atoms with E-state index >= 15 is 0 Å². The van der Waals surface area contributed by atoms with Gasteiger partial charge < -0.3 is 11.1 Å². The zero-order valence-corrected chi connectivity index (χ0v) is 9.68. The third-order valence-corrected chi connectivity index (χ3v) is 2.64. The number of halogens is 1. The molecule has 0 fully saturated rings. The average molecular weight is 261 g/mol. The van der Waals surface area contributed by atoms with Gasteiger partial charge in [-0.3, -0.25) is 9.89 Å². The Morgan fingerprint density at radius 2 is 2.43 bits per heavy atom. The molecule has 5 nitrogen and oxygen atoms in total. The van der Waals surface area contributed by atoms with Crippen LogP contribution >= 0.6 is 15.9 Å². The third kappa shape index (κ3) is 2.55. The highest BCUT2D eigenvalue weighted by molar-refractivity contribution is 9.10. The Hall–Kier alpha value is -0.880. The summed E-state index contributed by atoms with van der Waals surface area (Å²) in [6.07, 6.45) is 0. The van der Waals surface area contributed by atoms with Crippen LogP contribution in [0.3, 0.4) is 0 Å². The molecule has 1 amide bonds. The lowest BCUT2D eigenvalue weighted by Gasteiger charge is -2.05. The maximum atomic E-state index is 11.5. The minimum absolute atomic E-state index is 0.0576. The second kappa shape index (κ2) is 4.56. The van der Waals surface area contributed by atoms with Gasteiger partial charge in [-0.2, -0.15) is 5.10 Å². The highest BCUT2D eigenvalue weighted by atomic mass is 79.9. The largest absolute Gasteiger partial charge is 0.349 e. The maximum Gasteiger partial charge on any atom is 0.273 e. The summed E-state index contributed by atoms with van der Waals surface area (Å²) in [4.78, 5) is 11.5. The minimum atomic E-state index is -0.224. The highest BCUT2D eigenvalue weighted by Crippen LogP contribution is 2.17. The Morgan fingerprint density at radius 1 is 1.79 bits per heavy atom. The Labute approximate surface area is 90.6 Å². The van der Waals surface area contributed by atoms with Gasteiger partial charge in [0.2, 0.25) is 0 Å². The number of rotatable bonds is 3. The van der Waals surface area contributed by atoms with E-state index in [2.05, 4.69) is 31.4 Å². The van der Waals surface area contributed by atoms with Crippen molar-refractivity contribution in [2.75, 3.05) is 6.54 Å². The fourth-order valence-corrected chi connectivity index (χ4v) is 1.26. The van der Waals surface area contributed by atoms with Crippen LogP contribution in [-0.2, 0) is 0 Å². The SMILES string of the molecule is Cc1[nH]nc(C(=O)NCC(C)N)c1Br. The topological polar surface area (TPSA) is 83.8 Å². The summed E-state index contributed by atoms with van der Waals surface area (Å²) in [6.45, 7) is 4.10. The van der Waals surface area contributed by atoms with E-state index in [-0.39, 0.29) is 11.9 Å². The smallest absolute Gasteiger partial charge is 0.273 e. The van der Waals surface area contributed by atoms with E-state index in [0.717, 1.165) is 5.69 Å². The molecule has 1 atom stereocenters. The molecule has 1 aromatic heterocycles. The molecule has 0 aromatic carbocycles. The van der Waals surface area contributed by atoms with E-state index in [1.807, 2.05) is 13.8 Å². The van der Waals surface area contributed by atoms with Gasteiger partial charge in [0.05, 0.1) is 4.47 Å². The van der Waals surface area contributed by atoms with Crippen LogP contribution < -0.4 is 11.1 Å². The molecule has 0 radical (unpaired) electrons. The molecule has 0 saturated heterocycles. The zero-order chi connectivity index (χ0) is 10.7. The van der Waals surface area contributed by atoms with Crippen LogP contribution in [0.15, 0.2) is 4.47 Å². The number of hydrogen-bond donors (Lipinski definition) is 3. The summed E-state index contributed by atoms with van der Waals surface area (Å²) in [5, 5.41) is 9.26. The first-order valence-electron chi connectivity index (χ1n) is 4.26. The monoisotopic (exact) mass is 260 g/mol. The van der Waals surface area contributed by atoms with E-state index in [1.165, 1.54) is 0 Å². The standard InChI is InChI=1S/C8H13BrN4O/c1-4(10)3-11-8(14)7-6(9)5(2)12-13-7/h4H,3,10H2,1-2H3,(H,11,14)(H,12,13). The Morgan fingerprint density at radius 3 is 2.86 bits per heavy atom. The Kier molecular flexibility index (Phi) is 3.65. The van der Waals surface area contributed by atoms with Crippen LogP contribution in [0.4, 0.5) is 0 Å². The first-order chi connectivity index (χ1) is 6.52. The summed E-state index contributed by atoms with van der Waals surface area (Å²) < 4.78 is 0.694. The van der Waals surface area contributed by atoms with Gasteiger partial charge >= 0.3 is 0 Å². The number of carbonyl (C=O) groups is 1. The molecule has 0 bridgehead atoms.